The van der Waals surface area contributed by atoms with Gasteiger partial charge in [0.2, 0.25) is 0 Å². The average Bonchev–Trinajstić information content (AvgIpc) is 3.35. The number of carbonyl (C=O) groups excluding carboxylic acids is 1. The normalized spacial score (nSPS) is 40.7. The zero-order chi connectivity index (χ0) is 16.9. The number of piperidine rings is 1. The van der Waals surface area contributed by atoms with E-state index in [1.165, 1.54) is 0 Å². The monoisotopic (exact) mass is 332 g/mol. The second-order valence-corrected chi connectivity index (χ2v) is 7.54. The maximum absolute atomic E-state index is 12.6. The van der Waals surface area contributed by atoms with Crippen molar-refractivity contribution < 1.29 is 23.9 Å². The smallest absolute Gasteiger partial charge is 0.316 e. The number of aliphatic hydroxyl groups excluding tert-OH is 1. The van der Waals surface area contributed by atoms with Crippen LogP contribution < -0.4 is 0 Å². The Hall–Kier alpha value is -1.43. The quantitative estimate of drug-likeness (QED) is 0.504. The molecule has 24 heavy (non-hydrogen) atoms. The minimum Gasteiger partial charge on any atom is -0.461 e. The first kappa shape index (κ1) is 16.1. The van der Waals surface area contributed by atoms with Gasteiger partial charge in [-0.3, -0.25) is 4.79 Å². The van der Waals surface area contributed by atoms with Crippen molar-refractivity contribution in [1.29, 1.82) is 0 Å². The van der Waals surface area contributed by atoms with Crippen LogP contribution in [-0.4, -0.2) is 66.2 Å². The van der Waals surface area contributed by atoms with Crippen molar-refractivity contribution in [2.75, 3.05) is 20.2 Å². The molecule has 2 unspecified atom stereocenters. The van der Waals surface area contributed by atoms with Gasteiger partial charge >= 0.3 is 5.97 Å². The minimum atomic E-state index is -0.594. The Morgan fingerprint density at radius 1 is 1.29 bits per heavy atom. The third-order valence-electron chi connectivity index (χ3n) is 6.48. The van der Waals surface area contributed by atoms with Crippen LogP contribution in [0.2, 0.25) is 0 Å². The summed E-state index contributed by atoms with van der Waals surface area (Å²) < 4.78 is 12.7. The highest BCUT2D eigenvalue weighted by molar-refractivity contribution is 5.78. The van der Waals surface area contributed by atoms with E-state index in [2.05, 4.69) is 14.0 Å². The van der Waals surface area contributed by atoms with Gasteiger partial charge in [0.1, 0.15) is 36.3 Å². The van der Waals surface area contributed by atoms with Gasteiger partial charge in [-0.15, -0.1) is 0 Å². The Kier molecular flexibility index (Phi) is 3.90. The first-order valence-electron chi connectivity index (χ1n) is 8.95. The Morgan fingerprint density at radius 2 is 1.92 bits per heavy atom. The molecule has 4 rings (SSSR count). The maximum atomic E-state index is 12.6. The first-order valence-corrected chi connectivity index (χ1v) is 8.95. The van der Waals surface area contributed by atoms with Crippen LogP contribution in [0.3, 0.4) is 0 Å². The van der Waals surface area contributed by atoms with Gasteiger partial charge in [-0.05, 0) is 12.5 Å². The molecule has 3 fully saturated rings. The van der Waals surface area contributed by atoms with E-state index in [0.29, 0.717) is 24.3 Å². The summed E-state index contributed by atoms with van der Waals surface area (Å²) in [5.41, 5.74) is 0.809. The summed E-state index contributed by atoms with van der Waals surface area (Å²) in [5, 5.41) is 9.64. The number of quaternary nitrogens is 1. The summed E-state index contributed by atoms with van der Waals surface area (Å²) in [7, 11) is 2.31. The molecule has 5 heteroatoms. The molecule has 0 spiro atoms. The minimum absolute atomic E-state index is 0.0561. The number of fused-ring (bicyclic) bond motifs is 5. The van der Waals surface area contributed by atoms with Crippen LogP contribution >= 0.6 is 0 Å². The number of rotatable bonds is 5. The summed E-state index contributed by atoms with van der Waals surface area (Å²) in [4.78, 5) is 12.6. The molecular formula is C19H26NO4+. The van der Waals surface area contributed by atoms with E-state index in [0.717, 1.165) is 29.4 Å². The third kappa shape index (κ3) is 2.38. The topological polar surface area (TPSA) is 59.1 Å². The standard InChI is InChI=1S/C19H26NO4/c1-3-20(2)15-9-13(10-16(20)18-17(15)24-18)23-19(22)14(11-21)12-7-5-4-6-8-12/h4-8,13-18,21H,3,9-11H2,1-2H3/q+1/t13?,14-,15+,16+,17-,18+,20?/m1/s1. The lowest BCUT2D eigenvalue weighted by molar-refractivity contribution is -0.954. The molecule has 7 atom stereocenters. The fourth-order valence-electron chi connectivity index (χ4n) is 4.87. The maximum Gasteiger partial charge on any atom is 0.316 e. The second-order valence-electron chi connectivity index (χ2n) is 7.54. The van der Waals surface area contributed by atoms with Gasteiger partial charge in [-0.1, -0.05) is 30.3 Å². The molecule has 1 N–H and O–H groups in total. The molecule has 0 saturated carbocycles. The van der Waals surface area contributed by atoms with Crippen molar-refractivity contribution in [2.45, 2.75) is 56.1 Å². The molecule has 0 amide bonds. The summed E-state index contributed by atoms with van der Waals surface area (Å²) >= 11 is 0. The molecule has 3 aliphatic rings. The highest BCUT2D eigenvalue weighted by Gasteiger charge is 2.71. The van der Waals surface area contributed by atoms with Crippen LogP contribution in [0.5, 0.6) is 0 Å². The van der Waals surface area contributed by atoms with Crippen LogP contribution in [0.25, 0.3) is 0 Å². The number of carbonyl (C=O) groups is 1. The zero-order valence-electron chi connectivity index (χ0n) is 14.3. The Bertz CT molecular complexity index is 601. The Labute approximate surface area is 142 Å². The average molecular weight is 332 g/mol. The second kappa shape index (κ2) is 5.83. The number of nitrogens with zero attached hydrogens (tertiary/aromatic N) is 1. The summed E-state index contributed by atoms with van der Waals surface area (Å²) in [6.07, 6.45) is 2.37. The number of hydrogen-bond acceptors (Lipinski definition) is 4. The molecule has 0 radical (unpaired) electrons. The zero-order valence-corrected chi connectivity index (χ0v) is 14.3. The van der Waals surface area contributed by atoms with E-state index in [-0.39, 0.29) is 18.7 Å². The third-order valence-corrected chi connectivity index (χ3v) is 6.48. The fourth-order valence-corrected chi connectivity index (χ4v) is 4.87. The van der Waals surface area contributed by atoms with Gasteiger partial charge in [0.15, 0.2) is 0 Å². The van der Waals surface area contributed by atoms with Crippen molar-refractivity contribution in [1.82, 2.24) is 0 Å². The van der Waals surface area contributed by atoms with E-state index < -0.39 is 5.92 Å². The van der Waals surface area contributed by atoms with E-state index in [4.69, 9.17) is 9.47 Å². The number of aliphatic hydroxyl groups is 1. The molecule has 2 bridgehead atoms. The largest absolute Gasteiger partial charge is 0.461 e. The molecule has 3 aliphatic heterocycles. The number of hydrogen-bond donors (Lipinski definition) is 1. The summed E-state index contributed by atoms with van der Waals surface area (Å²) in [6.45, 7) is 3.10. The van der Waals surface area contributed by atoms with Crippen LogP contribution in [0.1, 0.15) is 31.2 Å². The van der Waals surface area contributed by atoms with Crippen molar-refractivity contribution in [3.63, 3.8) is 0 Å². The van der Waals surface area contributed by atoms with Gasteiger partial charge in [0.05, 0.1) is 20.2 Å². The predicted octanol–water partition coefficient (Wildman–Crippen LogP) is 1.45. The Morgan fingerprint density at radius 3 is 2.46 bits per heavy atom. The fraction of sp³-hybridized carbons (Fsp3) is 0.632. The number of epoxide rings is 1. The lowest BCUT2D eigenvalue weighted by Crippen LogP contribution is -2.62. The van der Waals surface area contributed by atoms with E-state index in [9.17, 15) is 9.90 Å². The molecule has 0 aromatic heterocycles. The van der Waals surface area contributed by atoms with Crippen molar-refractivity contribution in [3.8, 4) is 0 Å². The lowest BCUT2D eigenvalue weighted by atomic mass is 9.95. The van der Waals surface area contributed by atoms with E-state index >= 15 is 0 Å². The van der Waals surface area contributed by atoms with E-state index in [1.807, 2.05) is 30.3 Å². The van der Waals surface area contributed by atoms with Crippen LogP contribution in [0.15, 0.2) is 30.3 Å². The van der Waals surface area contributed by atoms with Gasteiger partial charge in [0, 0.05) is 12.8 Å². The number of esters is 1. The summed E-state index contributed by atoms with van der Waals surface area (Å²) in [6, 6.07) is 10.2. The highest BCUT2D eigenvalue weighted by Crippen LogP contribution is 2.52. The molecule has 1 aromatic rings. The SMILES string of the molecule is CC[N+]1(C)[C@H]2CC(OC(=O)[C@H](CO)c3ccccc3)C[C@H]1[C@H]1O[C@H]12. The van der Waals surface area contributed by atoms with Gasteiger partial charge in [-0.2, -0.15) is 0 Å². The lowest BCUT2D eigenvalue weighted by Gasteiger charge is -2.47. The molecule has 0 aliphatic carbocycles. The molecule has 3 saturated heterocycles. The van der Waals surface area contributed by atoms with Gasteiger partial charge in [-0.25, -0.2) is 0 Å². The molecular weight excluding hydrogens is 306 g/mol. The van der Waals surface area contributed by atoms with Crippen LogP contribution in [0, 0.1) is 0 Å². The van der Waals surface area contributed by atoms with Gasteiger partial charge < -0.3 is 19.1 Å². The predicted molar refractivity (Wildman–Crippen MR) is 88.3 cm³/mol. The van der Waals surface area contributed by atoms with Crippen molar-refractivity contribution >= 4 is 5.97 Å². The number of benzene rings is 1. The van der Waals surface area contributed by atoms with Crippen LogP contribution in [0.4, 0.5) is 0 Å². The van der Waals surface area contributed by atoms with Crippen LogP contribution in [-0.2, 0) is 14.3 Å². The first-order chi connectivity index (χ1) is 11.6. The van der Waals surface area contributed by atoms with Gasteiger partial charge in [0.25, 0.3) is 0 Å². The van der Waals surface area contributed by atoms with E-state index in [1.54, 1.807) is 0 Å². The molecule has 5 nitrogen and oxygen atoms in total. The Balaban J connectivity index is 1.44. The molecule has 1 aromatic carbocycles. The number of likely N-dealkylation sites (N-methyl/N-ethyl adjacent to an activating group) is 1. The molecule has 3 heterocycles. The van der Waals surface area contributed by atoms with Crippen molar-refractivity contribution in [2.24, 2.45) is 0 Å². The summed E-state index contributed by atoms with van der Waals surface area (Å²) in [5.74, 6) is -0.904. The molecule has 130 valence electrons. The van der Waals surface area contributed by atoms with Crippen molar-refractivity contribution in [3.05, 3.63) is 35.9 Å². The highest BCUT2D eigenvalue weighted by atomic mass is 16.6. The number of morpholine rings is 1. The number of ether oxygens (including phenoxy) is 2.